The standard InChI is InChI=1S/C18H36O3.Al.Mg.5H/c1-2-3-4-5-6-7-8-9-10-11-12-13-14-15-16-17-18(19)21-20;;;;;;;/h20H,2-17H2,1H3;;;;;;;/q;;+2;;;;2*-1. The smallest absolute Gasteiger partial charge is 1.00 e. The van der Waals surface area contributed by atoms with E-state index < -0.39 is 5.97 Å². The van der Waals surface area contributed by atoms with E-state index in [1.54, 1.807) is 0 Å². The molecule has 0 aromatic rings. The summed E-state index contributed by atoms with van der Waals surface area (Å²) in [6.07, 6.45) is 20.0. The average molecular weight is 357 g/mol. The third-order valence-corrected chi connectivity index (χ3v) is 4.09. The third-order valence-electron chi connectivity index (χ3n) is 4.09. The van der Waals surface area contributed by atoms with Gasteiger partial charge in [-0.1, -0.05) is 96.8 Å². The summed E-state index contributed by atoms with van der Waals surface area (Å²) in [5.41, 5.74) is 0. The van der Waals surface area contributed by atoms with Crippen LogP contribution in [-0.4, -0.2) is 51.6 Å². The van der Waals surface area contributed by atoms with Gasteiger partial charge in [0.2, 0.25) is 0 Å². The molecule has 0 saturated carbocycles. The molecule has 0 bridgehead atoms. The molecule has 0 radical (unpaired) electrons. The molecular formula is C18H41AlMgO3. The Morgan fingerprint density at radius 3 is 1.35 bits per heavy atom. The fourth-order valence-electron chi connectivity index (χ4n) is 2.69. The molecule has 0 spiro atoms. The fraction of sp³-hybridized carbons (Fsp3) is 0.944. The molecule has 0 aromatic carbocycles. The van der Waals surface area contributed by atoms with Gasteiger partial charge < -0.3 is 7.74 Å². The Morgan fingerprint density at radius 2 is 1.04 bits per heavy atom. The number of hydrogen-bond acceptors (Lipinski definition) is 3. The maximum atomic E-state index is 10.7. The molecule has 136 valence electrons. The number of carbonyl (C=O) groups is 1. The Bertz CT molecular complexity index is 238. The van der Waals surface area contributed by atoms with E-state index in [0.29, 0.717) is 6.42 Å². The van der Waals surface area contributed by atoms with Crippen molar-refractivity contribution < 1.29 is 17.8 Å². The van der Waals surface area contributed by atoms with E-state index in [1.807, 2.05) is 0 Å². The molecule has 0 amide bonds. The van der Waals surface area contributed by atoms with Crippen molar-refractivity contribution in [1.29, 1.82) is 0 Å². The molecule has 5 heteroatoms. The van der Waals surface area contributed by atoms with Crippen molar-refractivity contribution >= 4 is 46.4 Å². The van der Waals surface area contributed by atoms with Gasteiger partial charge in [0, 0.05) is 6.42 Å². The first kappa shape index (κ1) is 28.5. The number of rotatable bonds is 16. The van der Waals surface area contributed by atoms with Crippen LogP contribution in [0.25, 0.3) is 0 Å². The summed E-state index contributed by atoms with van der Waals surface area (Å²) in [6.45, 7) is 2.27. The van der Waals surface area contributed by atoms with Gasteiger partial charge in [0.05, 0.1) is 0 Å². The molecule has 0 rings (SSSR count). The summed E-state index contributed by atoms with van der Waals surface area (Å²) in [7, 11) is 0. The van der Waals surface area contributed by atoms with Crippen molar-refractivity contribution in [2.24, 2.45) is 0 Å². The van der Waals surface area contributed by atoms with Crippen LogP contribution in [0.5, 0.6) is 0 Å². The number of carbonyl (C=O) groups excluding carboxylic acids is 1. The van der Waals surface area contributed by atoms with E-state index in [4.69, 9.17) is 5.26 Å². The third kappa shape index (κ3) is 25.1. The van der Waals surface area contributed by atoms with Gasteiger partial charge >= 0.3 is 29.0 Å². The van der Waals surface area contributed by atoms with Gasteiger partial charge in [-0.3, -0.25) is 0 Å². The summed E-state index contributed by atoms with van der Waals surface area (Å²) in [5.74, 6) is -0.510. The van der Waals surface area contributed by atoms with Crippen molar-refractivity contribution in [1.82, 2.24) is 0 Å². The van der Waals surface area contributed by atoms with Crippen molar-refractivity contribution in [3.63, 3.8) is 0 Å². The molecule has 0 aliphatic carbocycles. The summed E-state index contributed by atoms with van der Waals surface area (Å²) in [4.78, 5) is 14.3. The summed E-state index contributed by atoms with van der Waals surface area (Å²) >= 11 is 0. The van der Waals surface area contributed by atoms with E-state index in [0.717, 1.165) is 12.8 Å². The van der Waals surface area contributed by atoms with Crippen LogP contribution in [0.3, 0.4) is 0 Å². The Labute approximate surface area is 173 Å². The predicted octanol–water partition coefficient (Wildman–Crippen LogP) is 4.92. The van der Waals surface area contributed by atoms with Gasteiger partial charge in [0.15, 0.2) is 17.4 Å². The van der Waals surface area contributed by atoms with E-state index >= 15 is 0 Å². The summed E-state index contributed by atoms with van der Waals surface area (Å²) in [6, 6.07) is 0. The van der Waals surface area contributed by atoms with Crippen LogP contribution in [0.1, 0.15) is 113 Å². The first-order valence-electron chi connectivity index (χ1n) is 9.15. The first-order chi connectivity index (χ1) is 10.3. The van der Waals surface area contributed by atoms with Gasteiger partial charge in [0.25, 0.3) is 0 Å². The molecule has 0 aromatic heterocycles. The number of unbranched alkanes of at least 4 members (excludes halogenated alkanes) is 14. The van der Waals surface area contributed by atoms with Crippen LogP contribution >= 0.6 is 0 Å². The summed E-state index contributed by atoms with van der Waals surface area (Å²) in [5, 5.41) is 8.10. The van der Waals surface area contributed by atoms with Crippen LogP contribution in [0.15, 0.2) is 0 Å². The predicted molar refractivity (Wildman–Crippen MR) is 106 cm³/mol. The minimum Gasteiger partial charge on any atom is -1.00 e. The Hall–Kier alpha value is 0.729. The molecule has 23 heavy (non-hydrogen) atoms. The molecule has 0 fully saturated rings. The van der Waals surface area contributed by atoms with Crippen LogP contribution in [0, 0.1) is 0 Å². The topological polar surface area (TPSA) is 46.5 Å². The second kappa shape index (κ2) is 25.0. The molecule has 3 nitrogen and oxygen atoms in total. The normalized spacial score (nSPS) is 9.83. The van der Waals surface area contributed by atoms with Gasteiger partial charge in [-0.25, -0.2) is 4.79 Å². The van der Waals surface area contributed by atoms with Crippen LogP contribution in [0.4, 0.5) is 0 Å². The number of hydrogen-bond donors (Lipinski definition) is 1. The minimum absolute atomic E-state index is 0. The second-order valence-corrected chi connectivity index (χ2v) is 6.16. The second-order valence-electron chi connectivity index (χ2n) is 6.16. The maximum absolute atomic E-state index is 10.7. The average Bonchev–Trinajstić information content (AvgIpc) is 2.50. The van der Waals surface area contributed by atoms with Crippen LogP contribution in [-0.2, 0) is 9.68 Å². The fourth-order valence-corrected chi connectivity index (χ4v) is 2.69. The zero-order valence-corrected chi connectivity index (χ0v) is 16.2. The van der Waals surface area contributed by atoms with E-state index in [9.17, 15) is 4.79 Å². The minimum atomic E-state index is -0.510. The quantitative estimate of drug-likeness (QED) is 0.185. The SMILES string of the molecule is CCCCCCCCCCCCCCCCCC(=O)OO.[AlH3].[H-].[H-].[Mg+2]. The zero-order valence-electron chi connectivity index (χ0n) is 16.8. The Morgan fingerprint density at radius 1 is 0.739 bits per heavy atom. The van der Waals surface area contributed by atoms with E-state index in [2.05, 4.69) is 11.8 Å². The van der Waals surface area contributed by atoms with E-state index in [1.165, 1.54) is 83.5 Å². The molecular weight excluding hydrogens is 315 g/mol. The molecule has 0 heterocycles. The van der Waals surface area contributed by atoms with Crippen molar-refractivity contribution in [3.8, 4) is 0 Å². The first-order valence-corrected chi connectivity index (χ1v) is 9.15. The monoisotopic (exact) mass is 356 g/mol. The Balaban J connectivity index is -0.000000333. The molecule has 0 aliphatic rings. The van der Waals surface area contributed by atoms with Gasteiger partial charge in [-0.05, 0) is 6.42 Å². The molecule has 1 N–H and O–H groups in total. The zero-order chi connectivity index (χ0) is 15.6. The molecule has 0 saturated heterocycles. The van der Waals surface area contributed by atoms with Crippen LogP contribution in [0.2, 0.25) is 0 Å². The molecule has 0 aliphatic heterocycles. The molecule has 0 unspecified atom stereocenters. The Kier molecular flexibility index (Phi) is 31.0. The maximum Gasteiger partial charge on any atom is 2.00 e. The van der Waals surface area contributed by atoms with Gasteiger partial charge in [-0.15, -0.1) is 0 Å². The molecule has 0 atom stereocenters. The largest absolute Gasteiger partial charge is 2.00 e. The van der Waals surface area contributed by atoms with E-state index in [-0.39, 0.29) is 43.3 Å². The van der Waals surface area contributed by atoms with Gasteiger partial charge in [-0.2, -0.15) is 5.26 Å². The van der Waals surface area contributed by atoms with Crippen LogP contribution < -0.4 is 0 Å². The van der Waals surface area contributed by atoms with Crippen molar-refractivity contribution in [3.05, 3.63) is 0 Å². The summed E-state index contributed by atoms with van der Waals surface area (Å²) < 4.78 is 0. The van der Waals surface area contributed by atoms with Gasteiger partial charge in [0.1, 0.15) is 0 Å². The van der Waals surface area contributed by atoms with Crippen molar-refractivity contribution in [2.45, 2.75) is 110 Å². The van der Waals surface area contributed by atoms with Crippen molar-refractivity contribution in [2.75, 3.05) is 0 Å².